The predicted molar refractivity (Wildman–Crippen MR) is 55.4 cm³/mol. The summed E-state index contributed by atoms with van der Waals surface area (Å²) in [6.07, 6.45) is 6.62. The molecule has 1 aliphatic rings. The summed E-state index contributed by atoms with van der Waals surface area (Å²) in [5, 5.41) is 3.43. The molecule has 0 aliphatic heterocycles. The number of hydrogen-bond acceptors (Lipinski definition) is 1. The van der Waals surface area contributed by atoms with E-state index in [1.807, 2.05) is 12.1 Å². The van der Waals surface area contributed by atoms with Crippen LogP contribution < -0.4 is 5.32 Å². The van der Waals surface area contributed by atoms with Gasteiger partial charge in [0.25, 0.3) is 0 Å². The SMILES string of the molecule is Fc1ccc(CNC2CC=CC2)cc1. The maximum atomic E-state index is 12.6. The molecule has 0 amide bonds. The van der Waals surface area contributed by atoms with Crippen LogP contribution in [-0.4, -0.2) is 6.04 Å². The highest BCUT2D eigenvalue weighted by Gasteiger charge is 2.08. The van der Waals surface area contributed by atoms with E-state index >= 15 is 0 Å². The van der Waals surface area contributed by atoms with E-state index < -0.39 is 0 Å². The molecule has 0 heterocycles. The van der Waals surface area contributed by atoms with Gasteiger partial charge in [-0.1, -0.05) is 24.3 Å². The lowest BCUT2D eigenvalue weighted by Gasteiger charge is -2.11. The standard InChI is InChI=1S/C12H14FN/c13-11-7-5-10(6-8-11)9-14-12-3-1-2-4-12/h1-2,5-8,12,14H,3-4,9H2. The van der Waals surface area contributed by atoms with Crippen LogP contribution in [0.1, 0.15) is 18.4 Å². The molecular formula is C12H14FN. The van der Waals surface area contributed by atoms with E-state index in [9.17, 15) is 4.39 Å². The molecule has 1 N–H and O–H groups in total. The van der Waals surface area contributed by atoms with Crippen molar-refractivity contribution in [1.82, 2.24) is 5.32 Å². The topological polar surface area (TPSA) is 12.0 Å². The molecule has 1 aliphatic carbocycles. The molecule has 1 aromatic rings. The second kappa shape index (κ2) is 4.38. The van der Waals surface area contributed by atoms with Gasteiger partial charge in [0.1, 0.15) is 5.82 Å². The predicted octanol–water partition coefficient (Wildman–Crippen LogP) is 2.63. The molecule has 0 radical (unpaired) electrons. The molecule has 0 spiro atoms. The van der Waals surface area contributed by atoms with Gasteiger partial charge in [0, 0.05) is 12.6 Å². The van der Waals surface area contributed by atoms with Crippen LogP contribution in [0, 0.1) is 5.82 Å². The molecule has 0 bridgehead atoms. The molecule has 0 fully saturated rings. The second-order valence-corrected chi connectivity index (χ2v) is 3.65. The summed E-state index contributed by atoms with van der Waals surface area (Å²) in [5.74, 6) is -0.170. The number of halogens is 1. The lowest BCUT2D eigenvalue weighted by molar-refractivity contribution is 0.537. The normalized spacial score (nSPS) is 16.4. The van der Waals surface area contributed by atoms with Gasteiger partial charge >= 0.3 is 0 Å². The van der Waals surface area contributed by atoms with Gasteiger partial charge in [0.05, 0.1) is 0 Å². The highest BCUT2D eigenvalue weighted by Crippen LogP contribution is 2.10. The summed E-state index contributed by atoms with van der Waals surface area (Å²) in [5.41, 5.74) is 1.14. The zero-order valence-electron chi connectivity index (χ0n) is 8.04. The number of hydrogen-bond donors (Lipinski definition) is 1. The monoisotopic (exact) mass is 191 g/mol. The van der Waals surface area contributed by atoms with Gasteiger partial charge in [-0.3, -0.25) is 0 Å². The Morgan fingerprint density at radius 1 is 1.14 bits per heavy atom. The average molecular weight is 191 g/mol. The molecule has 0 saturated heterocycles. The van der Waals surface area contributed by atoms with Gasteiger partial charge < -0.3 is 5.32 Å². The first-order chi connectivity index (χ1) is 6.84. The molecule has 14 heavy (non-hydrogen) atoms. The highest BCUT2D eigenvalue weighted by molar-refractivity contribution is 5.16. The Kier molecular flexibility index (Phi) is 2.94. The van der Waals surface area contributed by atoms with Crippen LogP contribution in [0.2, 0.25) is 0 Å². The molecule has 2 rings (SSSR count). The van der Waals surface area contributed by atoms with Crippen LogP contribution in [0.4, 0.5) is 4.39 Å². The van der Waals surface area contributed by atoms with E-state index in [-0.39, 0.29) is 5.82 Å². The molecule has 1 nitrogen and oxygen atoms in total. The Bertz CT molecular complexity index is 308. The van der Waals surface area contributed by atoms with Crippen molar-refractivity contribution in [3.05, 3.63) is 47.8 Å². The van der Waals surface area contributed by atoms with Gasteiger partial charge in [-0.05, 0) is 30.5 Å². The number of rotatable bonds is 3. The largest absolute Gasteiger partial charge is 0.309 e. The average Bonchev–Trinajstić information content (AvgIpc) is 2.70. The van der Waals surface area contributed by atoms with Crippen LogP contribution in [0.5, 0.6) is 0 Å². The Morgan fingerprint density at radius 3 is 2.43 bits per heavy atom. The Morgan fingerprint density at radius 2 is 1.79 bits per heavy atom. The summed E-state index contributed by atoms with van der Waals surface area (Å²) in [6, 6.07) is 7.23. The first kappa shape index (κ1) is 9.41. The van der Waals surface area contributed by atoms with Crippen molar-refractivity contribution in [3.8, 4) is 0 Å². The molecule has 0 saturated carbocycles. The van der Waals surface area contributed by atoms with E-state index in [4.69, 9.17) is 0 Å². The maximum Gasteiger partial charge on any atom is 0.123 e. The van der Waals surface area contributed by atoms with Gasteiger partial charge in [0.15, 0.2) is 0 Å². The molecule has 0 atom stereocenters. The highest BCUT2D eigenvalue weighted by atomic mass is 19.1. The van der Waals surface area contributed by atoms with Crippen molar-refractivity contribution in [2.24, 2.45) is 0 Å². The van der Waals surface area contributed by atoms with Crippen LogP contribution >= 0.6 is 0 Å². The number of benzene rings is 1. The second-order valence-electron chi connectivity index (χ2n) is 3.65. The van der Waals surface area contributed by atoms with E-state index in [0.29, 0.717) is 6.04 Å². The van der Waals surface area contributed by atoms with Crippen LogP contribution in [-0.2, 0) is 6.54 Å². The summed E-state index contributed by atoms with van der Waals surface area (Å²) in [4.78, 5) is 0. The van der Waals surface area contributed by atoms with E-state index in [2.05, 4.69) is 17.5 Å². The van der Waals surface area contributed by atoms with Crippen LogP contribution in [0.15, 0.2) is 36.4 Å². The van der Waals surface area contributed by atoms with Gasteiger partial charge in [-0.15, -0.1) is 0 Å². The Balaban J connectivity index is 1.82. The quantitative estimate of drug-likeness (QED) is 0.724. The number of nitrogens with one attached hydrogen (secondary N) is 1. The fourth-order valence-corrected chi connectivity index (χ4v) is 1.65. The fraction of sp³-hybridized carbons (Fsp3) is 0.333. The summed E-state index contributed by atoms with van der Waals surface area (Å²) < 4.78 is 12.6. The summed E-state index contributed by atoms with van der Waals surface area (Å²) in [6.45, 7) is 0.826. The third-order valence-electron chi connectivity index (χ3n) is 2.52. The smallest absolute Gasteiger partial charge is 0.123 e. The van der Waals surface area contributed by atoms with Crippen molar-refractivity contribution >= 4 is 0 Å². The molecule has 0 unspecified atom stereocenters. The fourth-order valence-electron chi connectivity index (χ4n) is 1.65. The van der Waals surface area contributed by atoms with Crippen molar-refractivity contribution in [3.63, 3.8) is 0 Å². The molecule has 0 aromatic heterocycles. The van der Waals surface area contributed by atoms with Gasteiger partial charge in [-0.2, -0.15) is 0 Å². The zero-order valence-corrected chi connectivity index (χ0v) is 8.04. The van der Waals surface area contributed by atoms with Crippen molar-refractivity contribution in [2.75, 3.05) is 0 Å². The third kappa shape index (κ3) is 2.42. The van der Waals surface area contributed by atoms with Crippen molar-refractivity contribution < 1.29 is 4.39 Å². The van der Waals surface area contributed by atoms with Crippen molar-refractivity contribution in [2.45, 2.75) is 25.4 Å². The van der Waals surface area contributed by atoms with E-state index in [1.54, 1.807) is 0 Å². The molecule has 2 heteroatoms. The first-order valence-corrected chi connectivity index (χ1v) is 4.97. The summed E-state index contributed by atoms with van der Waals surface area (Å²) >= 11 is 0. The molecule has 74 valence electrons. The first-order valence-electron chi connectivity index (χ1n) is 4.97. The minimum absolute atomic E-state index is 0.170. The minimum Gasteiger partial charge on any atom is -0.309 e. The van der Waals surface area contributed by atoms with Crippen molar-refractivity contribution in [1.29, 1.82) is 0 Å². The third-order valence-corrected chi connectivity index (χ3v) is 2.52. The Hall–Kier alpha value is -1.15. The van der Waals surface area contributed by atoms with Crippen LogP contribution in [0.3, 0.4) is 0 Å². The molecule has 1 aromatic carbocycles. The van der Waals surface area contributed by atoms with Crippen LogP contribution in [0.25, 0.3) is 0 Å². The lowest BCUT2D eigenvalue weighted by atomic mass is 10.2. The summed E-state index contributed by atoms with van der Waals surface area (Å²) in [7, 11) is 0. The van der Waals surface area contributed by atoms with E-state index in [0.717, 1.165) is 24.9 Å². The van der Waals surface area contributed by atoms with Gasteiger partial charge in [0.2, 0.25) is 0 Å². The van der Waals surface area contributed by atoms with Gasteiger partial charge in [-0.25, -0.2) is 4.39 Å². The van der Waals surface area contributed by atoms with E-state index in [1.165, 1.54) is 12.1 Å². The lowest BCUT2D eigenvalue weighted by Crippen LogP contribution is -2.25. The Labute approximate surface area is 83.6 Å². The zero-order chi connectivity index (χ0) is 9.80. The molecular weight excluding hydrogens is 177 g/mol. The maximum absolute atomic E-state index is 12.6. The minimum atomic E-state index is -0.170.